The molecule has 0 unspecified atom stereocenters. The van der Waals surface area contributed by atoms with Crippen molar-refractivity contribution < 1.29 is 9.53 Å². The Labute approximate surface area is 105 Å². The summed E-state index contributed by atoms with van der Waals surface area (Å²) in [6.07, 6.45) is 5.79. The minimum Gasteiger partial charge on any atom is -0.496 e. The van der Waals surface area contributed by atoms with Crippen molar-refractivity contribution in [3.8, 4) is 5.75 Å². The lowest BCUT2D eigenvalue weighted by Gasteiger charge is -2.12. The number of pyridine rings is 1. The Kier molecular flexibility index (Phi) is 3.41. The Morgan fingerprint density at radius 3 is 2.78 bits per heavy atom. The van der Waals surface area contributed by atoms with E-state index in [1.54, 1.807) is 24.2 Å². The van der Waals surface area contributed by atoms with Crippen molar-refractivity contribution >= 4 is 6.29 Å². The van der Waals surface area contributed by atoms with Gasteiger partial charge in [0.05, 0.1) is 31.1 Å². The Bertz CT molecular complexity index is 576. The minimum absolute atomic E-state index is 0.524. The van der Waals surface area contributed by atoms with Crippen molar-refractivity contribution in [3.05, 3.63) is 41.0 Å². The van der Waals surface area contributed by atoms with Gasteiger partial charge in [0, 0.05) is 23.5 Å². The number of aromatic nitrogens is 3. The molecule has 0 bridgehead atoms. The van der Waals surface area contributed by atoms with E-state index < -0.39 is 0 Å². The highest BCUT2D eigenvalue weighted by atomic mass is 16.5. The third-order valence-corrected chi connectivity index (χ3v) is 2.85. The largest absolute Gasteiger partial charge is 0.496 e. The lowest BCUT2D eigenvalue weighted by Crippen LogP contribution is -2.06. The Balaban J connectivity index is 2.31. The van der Waals surface area contributed by atoms with Crippen LogP contribution in [0.5, 0.6) is 5.75 Å². The van der Waals surface area contributed by atoms with Gasteiger partial charge in [-0.1, -0.05) is 0 Å². The van der Waals surface area contributed by atoms with E-state index in [-0.39, 0.29) is 0 Å². The normalized spacial score (nSPS) is 10.4. The summed E-state index contributed by atoms with van der Waals surface area (Å²) < 4.78 is 7.04. The van der Waals surface area contributed by atoms with Gasteiger partial charge in [-0.15, -0.1) is 0 Å². The number of carbonyl (C=O) groups excluding carboxylic acids is 1. The number of aryl methyl sites for hydroxylation is 1. The predicted molar refractivity (Wildman–Crippen MR) is 67.0 cm³/mol. The zero-order valence-electron chi connectivity index (χ0n) is 10.7. The maximum atomic E-state index is 10.6. The van der Waals surface area contributed by atoms with Gasteiger partial charge in [0.25, 0.3) is 0 Å². The number of methoxy groups -OCH3 is 1. The zero-order valence-corrected chi connectivity index (χ0v) is 10.7. The minimum atomic E-state index is 0.524. The highest BCUT2D eigenvalue weighted by Crippen LogP contribution is 2.24. The highest BCUT2D eigenvalue weighted by Gasteiger charge is 2.10. The van der Waals surface area contributed by atoms with Gasteiger partial charge in [-0.25, -0.2) is 0 Å². The molecule has 0 amide bonds. The van der Waals surface area contributed by atoms with E-state index in [4.69, 9.17) is 4.74 Å². The number of rotatable bonds is 4. The third kappa shape index (κ3) is 2.25. The average molecular weight is 245 g/mol. The third-order valence-electron chi connectivity index (χ3n) is 2.85. The summed E-state index contributed by atoms with van der Waals surface area (Å²) >= 11 is 0. The summed E-state index contributed by atoms with van der Waals surface area (Å²) in [5.41, 5.74) is 3.46. The van der Waals surface area contributed by atoms with Crippen LogP contribution in [0.3, 0.4) is 0 Å². The van der Waals surface area contributed by atoms with Crippen LogP contribution in [0.2, 0.25) is 0 Å². The van der Waals surface area contributed by atoms with Gasteiger partial charge in [-0.2, -0.15) is 5.10 Å². The molecule has 2 aromatic heterocycles. The molecular weight excluding hydrogens is 230 g/mol. The molecule has 0 aliphatic carbocycles. The molecule has 2 aromatic rings. The van der Waals surface area contributed by atoms with Gasteiger partial charge in [0.1, 0.15) is 5.75 Å². The number of hydrogen-bond donors (Lipinski definition) is 0. The molecule has 5 heteroatoms. The van der Waals surface area contributed by atoms with Crippen LogP contribution in [0.1, 0.15) is 27.2 Å². The zero-order chi connectivity index (χ0) is 13.1. The van der Waals surface area contributed by atoms with Crippen molar-refractivity contribution in [3.63, 3.8) is 0 Å². The van der Waals surface area contributed by atoms with E-state index in [1.807, 2.05) is 13.8 Å². The molecule has 18 heavy (non-hydrogen) atoms. The molecule has 5 nitrogen and oxygen atoms in total. The number of ether oxygens (including phenoxy) is 1. The van der Waals surface area contributed by atoms with E-state index >= 15 is 0 Å². The second kappa shape index (κ2) is 5.00. The summed E-state index contributed by atoms with van der Waals surface area (Å²) in [6, 6.07) is 0. The average Bonchev–Trinajstić information content (AvgIpc) is 2.81. The fourth-order valence-electron chi connectivity index (χ4n) is 1.91. The summed E-state index contributed by atoms with van der Waals surface area (Å²) in [7, 11) is 1.65. The van der Waals surface area contributed by atoms with Crippen LogP contribution in [0.15, 0.2) is 18.6 Å². The molecule has 0 fully saturated rings. The Morgan fingerprint density at radius 2 is 2.17 bits per heavy atom. The lowest BCUT2D eigenvalue weighted by molar-refractivity contribution is 0.112. The molecule has 94 valence electrons. The van der Waals surface area contributed by atoms with Crippen LogP contribution in [-0.2, 0) is 6.54 Å². The number of carbonyl (C=O) groups is 1. The van der Waals surface area contributed by atoms with Gasteiger partial charge < -0.3 is 4.74 Å². The predicted octanol–water partition coefficient (Wildman–Crippen LogP) is 1.76. The fourth-order valence-corrected chi connectivity index (χ4v) is 1.91. The summed E-state index contributed by atoms with van der Waals surface area (Å²) in [5, 5.41) is 4.11. The first-order chi connectivity index (χ1) is 8.65. The smallest absolute Gasteiger partial charge is 0.153 e. The van der Waals surface area contributed by atoms with Gasteiger partial charge in [0.2, 0.25) is 0 Å². The Hall–Kier alpha value is -2.17. The highest BCUT2D eigenvalue weighted by molar-refractivity contribution is 5.73. The second-order valence-corrected chi connectivity index (χ2v) is 4.14. The molecule has 0 aliphatic heterocycles. The van der Waals surface area contributed by atoms with Crippen LogP contribution in [0.25, 0.3) is 0 Å². The summed E-state index contributed by atoms with van der Waals surface area (Å²) in [6.45, 7) is 4.45. The number of nitrogens with zero attached hydrogens (tertiary/aromatic N) is 3. The van der Waals surface area contributed by atoms with Gasteiger partial charge >= 0.3 is 0 Å². The molecule has 2 heterocycles. The van der Waals surface area contributed by atoms with E-state index in [9.17, 15) is 4.79 Å². The quantitative estimate of drug-likeness (QED) is 0.770. The number of aldehydes is 1. The van der Waals surface area contributed by atoms with Crippen molar-refractivity contribution in [1.82, 2.24) is 14.8 Å². The van der Waals surface area contributed by atoms with Crippen LogP contribution in [0.4, 0.5) is 0 Å². The van der Waals surface area contributed by atoms with Crippen LogP contribution in [-0.4, -0.2) is 28.2 Å². The van der Waals surface area contributed by atoms with Gasteiger partial charge in [-0.3, -0.25) is 14.5 Å². The topological polar surface area (TPSA) is 57.0 Å². The molecule has 0 N–H and O–H groups in total. The first kappa shape index (κ1) is 12.3. The summed E-state index contributed by atoms with van der Waals surface area (Å²) in [5.74, 6) is 0.850. The van der Waals surface area contributed by atoms with Gasteiger partial charge in [-0.05, 0) is 13.8 Å². The van der Waals surface area contributed by atoms with Crippen molar-refractivity contribution in [1.29, 1.82) is 0 Å². The van der Waals surface area contributed by atoms with Crippen LogP contribution >= 0.6 is 0 Å². The van der Waals surface area contributed by atoms with Crippen molar-refractivity contribution in [2.24, 2.45) is 0 Å². The van der Waals surface area contributed by atoms with E-state index in [0.717, 1.165) is 28.9 Å². The van der Waals surface area contributed by atoms with Crippen molar-refractivity contribution in [2.75, 3.05) is 7.11 Å². The molecule has 0 atom stereocenters. The Morgan fingerprint density at radius 1 is 1.39 bits per heavy atom. The number of hydrogen-bond acceptors (Lipinski definition) is 4. The first-order valence-corrected chi connectivity index (χ1v) is 5.62. The lowest BCUT2D eigenvalue weighted by atomic mass is 10.1. The van der Waals surface area contributed by atoms with Crippen LogP contribution < -0.4 is 4.74 Å². The molecule has 0 aromatic carbocycles. The maximum absolute atomic E-state index is 10.6. The molecule has 0 spiro atoms. The van der Waals surface area contributed by atoms with E-state index in [0.29, 0.717) is 12.1 Å². The van der Waals surface area contributed by atoms with E-state index in [2.05, 4.69) is 10.1 Å². The van der Waals surface area contributed by atoms with Crippen molar-refractivity contribution in [2.45, 2.75) is 20.4 Å². The molecule has 0 saturated heterocycles. The standard InChI is InChI=1S/C13H15N3O2/c1-9-4-14-12(10(2)13(9)18-3)7-16-6-11(8-17)5-15-16/h4-6,8H,7H2,1-3H3. The molecule has 0 saturated carbocycles. The monoisotopic (exact) mass is 245 g/mol. The van der Waals surface area contributed by atoms with Crippen LogP contribution in [0, 0.1) is 13.8 Å². The molecular formula is C13H15N3O2. The van der Waals surface area contributed by atoms with E-state index in [1.165, 1.54) is 6.20 Å². The first-order valence-electron chi connectivity index (χ1n) is 5.62. The van der Waals surface area contributed by atoms with Gasteiger partial charge in [0.15, 0.2) is 6.29 Å². The summed E-state index contributed by atoms with van der Waals surface area (Å²) in [4.78, 5) is 15.0. The molecule has 2 rings (SSSR count). The second-order valence-electron chi connectivity index (χ2n) is 4.14. The molecule has 0 radical (unpaired) electrons. The maximum Gasteiger partial charge on any atom is 0.153 e. The molecule has 0 aliphatic rings. The fraction of sp³-hybridized carbons (Fsp3) is 0.308. The SMILES string of the molecule is COc1c(C)cnc(Cn2cc(C=O)cn2)c1C.